The molecule has 0 aliphatic carbocycles. The molecule has 6 nitrogen and oxygen atoms in total. The van der Waals surface area contributed by atoms with Crippen molar-refractivity contribution in [3.8, 4) is 5.88 Å². The molecule has 0 spiro atoms. The molecule has 2 rings (SSSR count). The molecule has 22 heavy (non-hydrogen) atoms. The van der Waals surface area contributed by atoms with Crippen LogP contribution in [0.5, 0.6) is 5.88 Å². The molecule has 1 heterocycles. The largest absolute Gasteiger partial charge is 0.616 e. The molecular formula is C13H11F3N2O4. The van der Waals surface area contributed by atoms with E-state index >= 15 is 0 Å². The second-order valence-corrected chi connectivity index (χ2v) is 4.81. The SMILES string of the molecule is CC(C)Oc1cc(C(F)(F)F)c2cc([N+](=O)[O-])ccc2[n+]1[O-]. The summed E-state index contributed by atoms with van der Waals surface area (Å²) in [6.07, 6.45) is -5.28. The number of nitro groups is 1. The molecule has 0 N–H and O–H groups in total. The van der Waals surface area contributed by atoms with Gasteiger partial charge in [0.2, 0.25) is 5.52 Å². The number of hydrogen-bond acceptors (Lipinski definition) is 4. The van der Waals surface area contributed by atoms with Gasteiger partial charge in [-0.3, -0.25) is 10.1 Å². The van der Waals surface area contributed by atoms with Crippen LogP contribution < -0.4 is 9.47 Å². The van der Waals surface area contributed by atoms with Crippen LogP contribution >= 0.6 is 0 Å². The zero-order valence-electron chi connectivity index (χ0n) is 11.5. The minimum atomic E-state index is -4.78. The van der Waals surface area contributed by atoms with Gasteiger partial charge < -0.3 is 9.94 Å². The van der Waals surface area contributed by atoms with Gasteiger partial charge in [0.15, 0.2) is 0 Å². The molecule has 9 heteroatoms. The smallest absolute Gasteiger partial charge is 0.417 e. The predicted octanol–water partition coefficient (Wildman–Crippen LogP) is 3.19. The summed E-state index contributed by atoms with van der Waals surface area (Å²) in [4.78, 5) is 9.89. The Labute approximate surface area is 122 Å². The van der Waals surface area contributed by atoms with Crippen molar-refractivity contribution in [1.29, 1.82) is 0 Å². The molecule has 0 radical (unpaired) electrons. The Kier molecular flexibility index (Phi) is 3.82. The summed E-state index contributed by atoms with van der Waals surface area (Å²) in [6, 6.07) is 3.23. The van der Waals surface area contributed by atoms with Crippen molar-refractivity contribution < 1.29 is 27.6 Å². The second-order valence-electron chi connectivity index (χ2n) is 4.81. The van der Waals surface area contributed by atoms with Gasteiger partial charge >= 0.3 is 12.1 Å². The first-order valence-corrected chi connectivity index (χ1v) is 6.20. The molecule has 0 atom stereocenters. The maximum absolute atomic E-state index is 13.2. The van der Waals surface area contributed by atoms with Crippen molar-refractivity contribution in [1.82, 2.24) is 0 Å². The van der Waals surface area contributed by atoms with Crippen molar-refractivity contribution in [2.75, 3.05) is 0 Å². The number of aromatic nitrogens is 1. The Morgan fingerprint density at radius 2 is 1.91 bits per heavy atom. The van der Waals surface area contributed by atoms with Crippen molar-refractivity contribution >= 4 is 16.6 Å². The molecular weight excluding hydrogens is 305 g/mol. The molecule has 0 bridgehead atoms. The summed E-state index contributed by atoms with van der Waals surface area (Å²) in [6.45, 7) is 3.13. The third-order valence-electron chi connectivity index (χ3n) is 2.83. The van der Waals surface area contributed by atoms with Crippen molar-refractivity contribution in [2.45, 2.75) is 26.1 Å². The van der Waals surface area contributed by atoms with Gasteiger partial charge in [-0.15, -0.1) is 4.73 Å². The van der Waals surface area contributed by atoms with Crippen molar-refractivity contribution in [3.05, 3.63) is 45.2 Å². The number of hydrogen-bond donors (Lipinski definition) is 0. The maximum atomic E-state index is 13.2. The van der Waals surface area contributed by atoms with Crippen LogP contribution in [0.1, 0.15) is 19.4 Å². The summed E-state index contributed by atoms with van der Waals surface area (Å²) in [7, 11) is 0. The summed E-state index contributed by atoms with van der Waals surface area (Å²) < 4.78 is 44.8. The average Bonchev–Trinajstić information content (AvgIpc) is 2.39. The van der Waals surface area contributed by atoms with E-state index in [2.05, 4.69) is 0 Å². The molecule has 118 valence electrons. The predicted molar refractivity (Wildman–Crippen MR) is 70.3 cm³/mol. The number of nitrogens with zero attached hydrogens (tertiary/aromatic N) is 2. The van der Waals surface area contributed by atoms with Crippen molar-refractivity contribution in [3.63, 3.8) is 0 Å². The fourth-order valence-corrected chi connectivity index (χ4v) is 1.97. The summed E-state index contributed by atoms with van der Waals surface area (Å²) in [5.74, 6) is -0.510. The first-order valence-electron chi connectivity index (χ1n) is 6.20. The number of pyridine rings is 1. The van der Waals surface area contributed by atoms with E-state index in [4.69, 9.17) is 4.74 Å². The Morgan fingerprint density at radius 1 is 1.27 bits per heavy atom. The highest BCUT2D eigenvalue weighted by Crippen LogP contribution is 2.37. The molecule has 0 aliphatic rings. The third kappa shape index (κ3) is 2.87. The Hall–Kier alpha value is -2.58. The number of fused-ring (bicyclic) bond motifs is 1. The monoisotopic (exact) mass is 316 g/mol. The average molecular weight is 316 g/mol. The highest BCUT2D eigenvalue weighted by atomic mass is 19.4. The van der Waals surface area contributed by atoms with Crippen LogP contribution in [-0.4, -0.2) is 11.0 Å². The molecule has 1 aromatic heterocycles. The molecule has 1 aromatic carbocycles. The van der Waals surface area contributed by atoms with Gasteiger partial charge in [-0.2, -0.15) is 13.2 Å². The van der Waals surface area contributed by atoms with E-state index in [-0.39, 0.29) is 10.2 Å². The summed E-state index contributed by atoms with van der Waals surface area (Å²) in [5.41, 5.74) is -2.04. The molecule has 2 aromatic rings. The van der Waals surface area contributed by atoms with Gasteiger partial charge in [-0.25, -0.2) is 0 Å². The van der Waals surface area contributed by atoms with Crippen LogP contribution in [0.3, 0.4) is 0 Å². The van der Waals surface area contributed by atoms with E-state index < -0.39 is 39.7 Å². The molecule has 0 aliphatic heterocycles. The summed E-state index contributed by atoms with van der Waals surface area (Å²) in [5, 5.41) is 22.2. The van der Waals surface area contributed by atoms with Gasteiger partial charge in [0.1, 0.15) is 0 Å². The van der Waals surface area contributed by atoms with Crippen molar-refractivity contribution in [2.24, 2.45) is 0 Å². The quantitative estimate of drug-likeness (QED) is 0.377. The van der Waals surface area contributed by atoms with E-state index in [0.29, 0.717) is 6.07 Å². The zero-order chi connectivity index (χ0) is 16.7. The van der Waals surface area contributed by atoms with Crippen LogP contribution in [0.4, 0.5) is 18.9 Å². The number of benzene rings is 1. The van der Waals surface area contributed by atoms with Crippen LogP contribution in [-0.2, 0) is 6.18 Å². The Balaban J connectivity index is 2.82. The van der Waals surface area contributed by atoms with Gasteiger partial charge in [-0.1, -0.05) is 0 Å². The zero-order valence-corrected chi connectivity index (χ0v) is 11.5. The second kappa shape index (κ2) is 5.32. The highest BCUT2D eigenvalue weighted by Gasteiger charge is 2.37. The molecule has 0 amide bonds. The lowest BCUT2D eigenvalue weighted by atomic mass is 10.1. The standard InChI is InChI=1S/C13H11F3N2O4/c1-7(2)22-12-6-10(13(14,15)16)9-5-8(18(20)21)3-4-11(9)17(12)19/h3-7H,1-2H3. The number of rotatable bonds is 3. The van der Waals surface area contributed by atoms with Crippen LogP contribution in [0, 0.1) is 15.3 Å². The lowest BCUT2D eigenvalue weighted by molar-refractivity contribution is -0.586. The fourth-order valence-electron chi connectivity index (χ4n) is 1.97. The lowest BCUT2D eigenvalue weighted by Gasteiger charge is -2.15. The van der Waals surface area contributed by atoms with Gasteiger partial charge in [0, 0.05) is 18.2 Å². The van der Waals surface area contributed by atoms with Crippen LogP contribution in [0.2, 0.25) is 0 Å². The van der Waals surface area contributed by atoms with E-state index in [9.17, 15) is 28.5 Å². The highest BCUT2D eigenvalue weighted by molar-refractivity contribution is 5.83. The minimum absolute atomic E-state index is 0.189. The van der Waals surface area contributed by atoms with E-state index in [0.717, 1.165) is 18.2 Å². The van der Waals surface area contributed by atoms with Crippen LogP contribution in [0.25, 0.3) is 10.9 Å². The minimum Gasteiger partial charge on any atom is -0.616 e. The fraction of sp³-hybridized carbons (Fsp3) is 0.308. The number of alkyl halides is 3. The molecule has 0 fully saturated rings. The van der Waals surface area contributed by atoms with E-state index in [1.54, 1.807) is 13.8 Å². The number of nitro benzene ring substituents is 1. The van der Waals surface area contributed by atoms with E-state index in [1.807, 2.05) is 0 Å². The lowest BCUT2D eigenvalue weighted by Crippen LogP contribution is -2.32. The first kappa shape index (κ1) is 15.8. The Bertz CT molecular complexity index is 744. The van der Waals surface area contributed by atoms with Gasteiger partial charge in [-0.05, 0) is 13.8 Å². The molecule has 0 saturated heterocycles. The third-order valence-corrected chi connectivity index (χ3v) is 2.83. The maximum Gasteiger partial charge on any atom is 0.417 e. The van der Waals surface area contributed by atoms with Gasteiger partial charge in [0.05, 0.1) is 28.0 Å². The first-order chi connectivity index (χ1) is 10.1. The normalized spacial score (nSPS) is 11.9. The summed E-state index contributed by atoms with van der Waals surface area (Å²) >= 11 is 0. The van der Waals surface area contributed by atoms with E-state index in [1.165, 1.54) is 0 Å². The Morgan fingerprint density at radius 3 is 2.41 bits per heavy atom. The molecule has 0 saturated carbocycles. The van der Waals surface area contributed by atoms with Gasteiger partial charge in [0.25, 0.3) is 5.69 Å². The topological polar surface area (TPSA) is 79.3 Å². The molecule has 0 unspecified atom stereocenters. The number of non-ortho nitro benzene ring substituents is 1. The van der Waals surface area contributed by atoms with Crippen LogP contribution in [0.15, 0.2) is 24.3 Å². The number of ether oxygens (including phenoxy) is 1. The number of halogens is 3.